The van der Waals surface area contributed by atoms with E-state index in [9.17, 15) is 4.79 Å². The Morgan fingerprint density at radius 3 is 2.69 bits per heavy atom. The maximum absolute atomic E-state index is 10.8. The van der Waals surface area contributed by atoms with Crippen LogP contribution in [-0.4, -0.2) is 23.3 Å². The third-order valence-electron chi connectivity index (χ3n) is 3.47. The van der Waals surface area contributed by atoms with Gasteiger partial charge in [0, 0.05) is 0 Å². The molecule has 1 saturated heterocycles. The van der Waals surface area contributed by atoms with Crippen LogP contribution in [0.15, 0.2) is 0 Å². The topological polar surface area (TPSA) is 46.5 Å². The number of carboxylic acid groups (broad SMARTS) is 1. The average Bonchev–Trinajstić information content (AvgIpc) is 2.45. The van der Waals surface area contributed by atoms with Crippen molar-refractivity contribution in [1.82, 2.24) is 0 Å². The van der Waals surface area contributed by atoms with Gasteiger partial charge in [0.05, 0.1) is 6.10 Å². The van der Waals surface area contributed by atoms with Crippen molar-refractivity contribution in [3.05, 3.63) is 0 Å². The van der Waals surface area contributed by atoms with E-state index in [1.807, 2.05) is 6.92 Å². The van der Waals surface area contributed by atoms with Crippen molar-refractivity contribution in [2.24, 2.45) is 11.8 Å². The number of ether oxygens (including phenoxy) is 1. The van der Waals surface area contributed by atoms with Crippen molar-refractivity contribution < 1.29 is 14.6 Å². The van der Waals surface area contributed by atoms with E-state index in [-0.39, 0.29) is 12.0 Å². The fourth-order valence-electron chi connectivity index (χ4n) is 2.72. The first-order valence-electron chi connectivity index (χ1n) is 5.08. The summed E-state index contributed by atoms with van der Waals surface area (Å²) in [5, 5.41) is 8.91. The molecule has 1 aliphatic carbocycles. The number of rotatable bonds is 1. The van der Waals surface area contributed by atoms with E-state index in [2.05, 4.69) is 0 Å². The molecule has 2 fully saturated rings. The summed E-state index contributed by atoms with van der Waals surface area (Å²) in [7, 11) is 0. The lowest BCUT2D eigenvalue weighted by molar-refractivity contribution is -0.151. The zero-order valence-corrected chi connectivity index (χ0v) is 7.90. The fraction of sp³-hybridized carbons (Fsp3) is 0.900. The summed E-state index contributed by atoms with van der Waals surface area (Å²) in [4.78, 5) is 10.8. The zero-order chi connectivity index (χ0) is 9.42. The number of hydrogen-bond acceptors (Lipinski definition) is 2. The maximum atomic E-state index is 10.8. The van der Waals surface area contributed by atoms with E-state index >= 15 is 0 Å². The van der Waals surface area contributed by atoms with Crippen LogP contribution in [-0.2, 0) is 9.53 Å². The minimum atomic E-state index is -0.790. The summed E-state index contributed by atoms with van der Waals surface area (Å²) >= 11 is 0. The van der Waals surface area contributed by atoms with Gasteiger partial charge in [0.1, 0.15) is 0 Å². The van der Waals surface area contributed by atoms with Gasteiger partial charge in [-0.2, -0.15) is 0 Å². The fourth-order valence-corrected chi connectivity index (χ4v) is 2.72. The Bertz CT molecular complexity index is 214. The van der Waals surface area contributed by atoms with Crippen LogP contribution in [0.1, 0.15) is 32.6 Å². The molecule has 1 heterocycles. The van der Waals surface area contributed by atoms with E-state index in [0.717, 1.165) is 12.8 Å². The molecule has 13 heavy (non-hydrogen) atoms. The lowest BCUT2D eigenvalue weighted by Crippen LogP contribution is -2.26. The highest BCUT2D eigenvalue weighted by Gasteiger charge is 2.45. The monoisotopic (exact) mass is 184 g/mol. The molecule has 2 rings (SSSR count). The third kappa shape index (κ3) is 1.46. The summed E-state index contributed by atoms with van der Waals surface area (Å²) in [5.41, 5.74) is 0. The summed E-state index contributed by atoms with van der Waals surface area (Å²) in [5.74, 6) is -0.0976. The van der Waals surface area contributed by atoms with E-state index in [1.54, 1.807) is 0 Å². The summed E-state index contributed by atoms with van der Waals surface area (Å²) in [6.07, 6.45) is 4.31. The molecule has 0 bridgehead atoms. The molecule has 3 heteroatoms. The quantitative estimate of drug-likeness (QED) is 0.674. The van der Waals surface area contributed by atoms with Gasteiger partial charge >= 0.3 is 5.97 Å². The molecule has 3 nitrogen and oxygen atoms in total. The Balaban J connectivity index is 2.09. The number of fused-ring (bicyclic) bond motifs is 1. The van der Waals surface area contributed by atoms with Crippen LogP contribution in [0.5, 0.6) is 0 Å². The van der Waals surface area contributed by atoms with Gasteiger partial charge in [-0.1, -0.05) is 19.8 Å². The van der Waals surface area contributed by atoms with Crippen molar-refractivity contribution in [2.75, 3.05) is 0 Å². The van der Waals surface area contributed by atoms with Crippen LogP contribution in [0.25, 0.3) is 0 Å². The van der Waals surface area contributed by atoms with Crippen molar-refractivity contribution in [3.63, 3.8) is 0 Å². The molecule has 0 unspecified atom stereocenters. The van der Waals surface area contributed by atoms with Gasteiger partial charge in [-0.3, -0.25) is 0 Å². The maximum Gasteiger partial charge on any atom is 0.333 e. The SMILES string of the molecule is C[C@H]1[C@H]2CCCC[C@@H]2O[C@H]1C(=O)O. The van der Waals surface area contributed by atoms with Gasteiger partial charge in [-0.25, -0.2) is 4.79 Å². The molecule has 0 spiro atoms. The minimum absolute atomic E-state index is 0.197. The molecule has 74 valence electrons. The molecule has 0 amide bonds. The molecule has 0 aromatic heterocycles. The van der Waals surface area contributed by atoms with Gasteiger partial charge in [-0.15, -0.1) is 0 Å². The summed E-state index contributed by atoms with van der Waals surface area (Å²) in [6, 6.07) is 0. The molecule has 0 radical (unpaired) electrons. The van der Waals surface area contributed by atoms with E-state index in [1.165, 1.54) is 12.8 Å². The van der Waals surface area contributed by atoms with Crippen LogP contribution in [0, 0.1) is 11.8 Å². The van der Waals surface area contributed by atoms with Crippen LogP contribution in [0.4, 0.5) is 0 Å². The van der Waals surface area contributed by atoms with Crippen LogP contribution < -0.4 is 0 Å². The lowest BCUT2D eigenvalue weighted by Gasteiger charge is -2.25. The minimum Gasteiger partial charge on any atom is -0.479 e. The normalized spacial score (nSPS) is 44.4. The molecule has 1 aliphatic heterocycles. The number of carboxylic acids is 1. The highest BCUT2D eigenvalue weighted by molar-refractivity contribution is 5.73. The molecule has 0 aromatic rings. The first-order chi connectivity index (χ1) is 6.20. The van der Waals surface area contributed by atoms with Crippen LogP contribution >= 0.6 is 0 Å². The predicted molar refractivity (Wildman–Crippen MR) is 47.4 cm³/mol. The van der Waals surface area contributed by atoms with Gasteiger partial charge in [0.15, 0.2) is 6.10 Å². The second-order valence-corrected chi connectivity index (χ2v) is 4.24. The zero-order valence-electron chi connectivity index (χ0n) is 7.90. The van der Waals surface area contributed by atoms with E-state index < -0.39 is 12.1 Å². The van der Waals surface area contributed by atoms with Gasteiger partial charge in [0.25, 0.3) is 0 Å². The smallest absolute Gasteiger partial charge is 0.333 e. The van der Waals surface area contributed by atoms with Crippen LogP contribution in [0.2, 0.25) is 0 Å². The summed E-state index contributed by atoms with van der Waals surface area (Å²) < 4.78 is 5.54. The largest absolute Gasteiger partial charge is 0.479 e. The van der Waals surface area contributed by atoms with Gasteiger partial charge in [0.2, 0.25) is 0 Å². The molecular weight excluding hydrogens is 168 g/mol. The third-order valence-corrected chi connectivity index (χ3v) is 3.47. The second kappa shape index (κ2) is 3.29. The highest BCUT2D eigenvalue weighted by atomic mass is 16.5. The molecule has 2 aliphatic rings. The average molecular weight is 184 g/mol. The first-order valence-corrected chi connectivity index (χ1v) is 5.08. The Hall–Kier alpha value is -0.570. The Labute approximate surface area is 78.1 Å². The molecule has 1 N–H and O–H groups in total. The highest BCUT2D eigenvalue weighted by Crippen LogP contribution is 2.41. The molecule has 0 aromatic carbocycles. The van der Waals surface area contributed by atoms with Crippen molar-refractivity contribution in [3.8, 4) is 0 Å². The number of aliphatic carboxylic acids is 1. The van der Waals surface area contributed by atoms with Crippen molar-refractivity contribution in [1.29, 1.82) is 0 Å². The lowest BCUT2D eigenvalue weighted by atomic mass is 9.79. The van der Waals surface area contributed by atoms with Crippen molar-refractivity contribution >= 4 is 5.97 Å². The Kier molecular flexibility index (Phi) is 2.28. The number of carbonyl (C=O) groups is 1. The van der Waals surface area contributed by atoms with Crippen molar-refractivity contribution in [2.45, 2.75) is 44.8 Å². The first kappa shape index (κ1) is 9.00. The summed E-state index contributed by atoms with van der Waals surface area (Å²) in [6.45, 7) is 2.01. The molecular formula is C10H16O3. The standard InChI is InChI=1S/C10H16O3/c1-6-7-4-2-3-5-8(7)13-9(6)10(11)12/h6-9H,2-5H2,1H3,(H,11,12)/t6-,7+,8-,9+/m0/s1. The second-order valence-electron chi connectivity index (χ2n) is 4.24. The predicted octanol–water partition coefficient (Wildman–Crippen LogP) is 1.66. The molecule has 1 saturated carbocycles. The van der Waals surface area contributed by atoms with Gasteiger partial charge < -0.3 is 9.84 Å². The Morgan fingerprint density at radius 2 is 2.08 bits per heavy atom. The number of hydrogen-bond donors (Lipinski definition) is 1. The van der Waals surface area contributed by atoms with E-state index in [4.69, 9.17) is 9.84 Å². The van der Waals surface area contributed by atoms with Crippen LogP contribution in [0.3, 0.4) is 0 Å². The van der Waals surface area contributed by atoms with Gasteiger partial charge in [-0.05, 0) is 24.7 Å². The molecule has 4 atom stereocenters. The van der Waals surface area contributed by atoms with E-state index in [0.29, 0.717) is 5.92 Å². The Morgan fingerprint density at radius 1 is 1.38 bits per heavy atom.